The molecule has 0 radical (unpaired) electrons. The molecule has 16 heavy (non-hydrogen) atoms. The van der Waals surface area contributed by atoms with Crippen molar-refractivity contribution in [3.8, 4) is 0 Å². The van der Waals surface area contributed by atoms with E-state index in [1.165, 1.54) is 0 Å². The minimum atomic E-state index is 0.0434. The van der Waals surface area contributed by atoms with Crippen LogP contribution in [0.3, 0.4) is 0 Å². The normalized spacial score (nSPS) is 10.1. The topological polar surface area (TPSA) is 86.2 Å². The number of aliphatic hydroxyl groups excluding tert-OH is 1. The molecule has 0 saturated carbocycles. The largest absolute Gasteiger partial charge is 0.396 e. The van der Waals surface area contributed by atoms with Crippen LogP contribution in [0.1, 0.15) is 18.9 Å². The number of amidine groups is 1. The Kier molecular flexibility index (Phi) is 4.72. The van der Waals surface area contributed by atoms with Crippen molar-refractivity contribution >= 4 is 11.7 Å². The predicted molar refractivity (Wildman–Crippen MR) is 64.8 cm³/mol. The van der Waals surface area contributed by atoms with E-state index in [1.807, 2.05) is 11.8 Å². The molecule has 0 amide bonds. The maximum Gasteiger partial charge on any atom is 0.129 e. The molecule has 1 rings (SSSR count). The van der Waals surface area contributed by atoms with Crippen LogP contribution >= 0.6 is 0 Å². The van der Waals surface area contributed by atoms with Crippen molar-refractivity contribution in [3.63, 3.8) is 0 Å². The third-order valence-corrected chi connectivity index (χ3v) is 2.35. The molecular weight excluding hydrogens is 204 g/mol. The van der Waals surface area contributed by atoms with Crippen LogP contribution in [0.25, 0.3) is 0 Å². The fourth-order valence-electron chi connectivity index (χ4n) is 1.46. The van der Waals surface area contributed by atoms with Crippen molar-refractivity contribution in [2.75, 3.05) is 24.6 Å². The van der Waals surface area contributed by atoms with Crippen LogP contribution in [-0.2, 0) is 0 Å². The van der Waals surface area contributed by atoms with Gasteiger partial charge in [-0.25, -0.2) is 4.98 Å². The second kappa shape index (κ2) is 6.07. The van der Waals surface area contributed by atoms with Gasteiger partial charge in [-0.3, -0.25) is 5.41 Å². The Labute approximate surface area is 95.4 Å². The molecule has 0 aliphatic rings. The molecule has 0 aliphatic carbocycles. The molecule has 0 fully saturated rings. The van der Waals surface area contributed by atoms with Crippen LogP contribution in [0.2, 0.25) is 0 Å². The number of rotatable bonds is 6. The Bertz CT molecular complexity index is 354. The molecule has 0 aromatic carbocycles. The number of hydrogen-bond acceptors (Lipinski definition) is 4. The molecule has 4 N–H and O–H groups in total. The first-order valence-corrected chi connectivity index (χ1v) is 5.35. The summed E-state index contributed by atoms with van der Waals surface area (Å²) in [6, 6.07) is 3.51. The summed E-state index contributed by atoms with van der Waals surface area (Å²) in [5.74, 6) is 0.838. The number of aliphatic hydroxyl groups is 1. The van der Waals surface area contributed by atoms with Crippen molar-refractivity contribution < 1.29 is 5.11 Å². The number of hydrogen-bond donors (Lipinski definition) is 3. The molecule has 0 atom stereocenters. The summed E-state index contributed by atoms with van der Waals surface area (Å²) < 4.78 is 0. The minimum absolute atomic E-state index is 0.0434. The summed E-state index contributed by atoms with van der Waals surface area (Å²) in [6.07, 6.45) is 2.35. The van der Waals surface area contributed by atoms with Crippen LogP contribution in [0.4, 0.5) is 5.82 Å². The van der Waals surface area contributed by atoms with Gasteiger partial charge < -0.3 is 15.7 Å². The molecule has 1 aromatic heterocycles. The zero-order valence-corrected chi connectivity index (χ0v) is 9.48. The first-order chi connectivity index (χ1) is 7.69. The summed E-state index contributed by atoms with van der Waals surface area (Å²) in [6.45, 7) is 3.76. The van der Waals surface area contributed by atoms with Gasteiger partial charge in [-0.2, -0.15) is 0 Å². The van der Waals surface area contributed by atoms with Crippen LogP contribution in [0.15, 0.2) is 18.3 Å². The van der Waals surface area contributed by atoms with E-state index < -0.39 is 0 Å². The maximum absolute atomic E-state index is 8.80. The highest BCUT2D eigenvalue weighted by molar-refractivity contribution is 5.95. The third kappa shape index (κ3) is 3.20. The number of nitrogen functional groups attached to an aromatic ring is 1. The lowest BCUT2D eigenvalue weighted by atomic mass is 10.2. The van der Waals surface area contributed by atoms with Crippen LogP contribution in [0.5, 0.6) is 0 Å². The molecule has 0 unspecified atom stereocenters. The standard InChI is InChI=1S/C11H18N4O/c1-2-15(6-3-7-16)10-8-9(11(12)13)4-5-14-10/h4-5,8,16H,2-3,6-7H2,1H3,(H3,12,13). The molecule has 5 nitrogen and oxygen atoms in total. The molecule has 1 heterocycles. The van der Waals surface area contributed by atoms with Crippen molar-refractivity contribution in [1.82, 2.24) is 4.98 Å². The van der Waals surface area contributed by atoms with Crippen molar-refractivity contribution in [2.24, 2.45) is 5.73 Å². The van der Waals surface area contributed by atoms with Gasteiger partial charge >= 0.3 is 0 Å². The average Bonchev–Trinajstić information content (AvgIpc) is 2.30. The fraction of sp³-hybridized carbons (Fsp3) is 0.455. The molecule has 0 aliphatic heterocycles. The van der Waals surface area contributed by atoms with E-state index >= 15 is 0 Å². The lowest BCUT2D eigenvalue weighted by Crippen LogP contribution is -2.26. The van der Waals surface area contributed by atoms with E-state index in [2.05, 4.69) is 4.98 Å². The van der Waals surface area contributed by atoms with Gasteiger partial charge in [-0.05, 0) is 25.5 Å². The van der Waals surface area contributed by atoms with E-state index in [-0.39, 0.29) is 12.4 Å². The summed E-state index contributed by atoms with van der Waals surface area (Å²) in [5, 5.41) is 16.2. The molecule has 0 saturated heterocycles. The summed E-state index contributed by atoms with van der Waals surface area (Å²) in [5.41, 5.74) is 6.09. The molecule has 0 bridgehead atoms. The minimum Gasteiger partial charge on any atom is -0.396 e. The van der Waals surface area contributed by atoms with E-state index in [1.54, 1.807) is 18.3 Å². The van der Waals surface area contributed by atoms with Gasteiger partial charge in [0.25, 0.3) is 0 Å². The first kappa shape index (κ1) is 12.4. The Balaban J connectivity index is 2.83. The smallest absolute Gasteiger partial charge is 0.129 e. The van der Waals surface area contributed by atoms with E-state index in [9.17, 15) is 0 Å². The molecule has 1 aromatic rings. The predicted octanol–water partition coefficient (Wildman–Crippen LogP) is 0.574. The number of nitrogens with zero attached hydrogens (tertiary/aromatic N) is 2. The SMILES string of the molecule is CCN(CCCO)c1cc(C(=N)N)ccn1. The van der Waals surface area contributed by atoms with Gasteiger partial charge in [-0.1, -0.05) is 0 Å². The number of anilines is 1. The second-order valence-electron chi connectivity index (χ2n) is 3.47. The number of pyridine rings is 1. The van der Waals surface area contributed by atoms with Gasteiger partial charge in [0.15, 0.2) is 0 Å². The Morgan fingerprint density at radius 2 is 2.38 bits per heavy atom. The van der Waals surface area contributed by atoms with Gasteiger partial charge in [0, 0.05) is 31.5 Å². The lowest BCUT2D eigenvalue weighted by Gasteiger charge is -2.21. The van der Waals surface area contributed by atoms with Crippen molar-refractivity contribution in [1.29, 1.82) is 5.41 Å². The number of aromatic nitrogens is 1. The summed E-state index contributed by atoms with van der Waals surface area (Å²) >= 11 is 0. The Morgan fingerprint density at radius 3 is 2.94 bits per heavy atom. The summed E-state index contributed by atoms with van der Waals surface area (Å²) in [7, 11) is 0. The lowest BCUT2D eigenvalue weighted by molar-refractivity contribution is 0.289. The van der Waals surface area contributed by atoms with Crippen LogP contribution in [-0.4, -0.2) is 35.6 Å². The average molecular weight is 222 g/mol. The Morgan fingerprint density at radius 1 is 1.62 bits per heavy atom. The zero-order chi connectivity index (χ0) is 12.0. The quantitative estimate of drug-likeness (QED) is 0.485. The van der Waals surface area contributed by atoms with Gasteiger partial charge in [-0.15, -0.1) is 0 Å². The van der Waals surface area contributed by atoms with Gasteiger partial charge in [0.2, 0.25) is 0 Å². The van der Waals surface area contributed by atoms with Gasteiger partial charge in [0.05, 0.1) is 0 Å². The van der Waals surface area contributed by atoms with Gasteiger partial charge in [0.1, 0.15) is 11.7 Å². The fourth-order valence-corrected chi connectivity index (χ4v) is 1.46. The molecule has 5 heteroatoms. The van der Waals surface area contributed by atoms with E-state index in [0.29, 0.717) is 12.0 Å². The molecular formula is C11H18N4O. The monoisotopic (exact) mass is 222 g/mol. The second-order valence-corrected chi connectivity index (χ2v) is 3.47. The highest BCUT2D eigenvalue weighted by Crippen LogP contribution is 2.12. The van der Waals surface area contributed by atoms with Crippen LogP contribution in [0, 0.1) is 5.41 Å². The van der Waals surface area contributed by atoms with Crippen molar-refractivity contribution in [3.05, 3.63) is 23.9 Å². The first-order valence-electron chi connectivity index (χ1n) is 5.35. The number of nitrogens with two attached hydrogens (primary N) is 1. The van der Waals surface area contributed by atoms with Crippen molar-refractivity contribution in [2.45, 2.75) is 13.3 Å². The zero-order valence-electron chi connectivity index (χ0n) is 9.48. The van der Waals surface area contributed by atoms with E-state index in [0.717, 1.165) is 18.9 Å². The highest BCUT2D eigenvalue weighted by atomic mass is 16.3. The summed E-state index contributed by atoms with van der Waals surface area (Å²) in [4.78, 5) is 6.28. The third-order valence-electron chi connectivity index (χ3n) is 2.35. The highest BCUT2D eigenvalue weighted by Gasteiger charge is 2.06. The number of nitrogens with one attached hydrogen (secondary N) is 1. The Hall–Kier alpha value is -1.62. The maximum atomic E-state index is 8.80. The molecule has 0 spiro atoms. The van der Waals surface area contributed by atoms with Crippen LogP contribution < -0.4 is 10.6 Å². The molecule has 88 valence electrons. The van der Waals surface area contributed by atoms with E-state index in [4.69, 9.17) is 16.2 Å².